The van der Waals surface area contributed by atoms with E-state index in [1.165, 1.54) is 0 Å². The Morgan fingerprint density at radius 1 is 1.35 bits per heavy atom. The molecule has 0 aliphatic carbocycles. The molecule has 0 unspecified atom stereocenters. The molecule has 0 bridgehead atoms. The highest BCUT2D eigenvalue weighted by Gasteiger charge is 2.06. The molecule has 2 N–H and O–H groups in total. The molecule has 0 aliphatic rings. The predicted octanol–water partition coefficient (Wildman–Crippen LogP) is 2.45. The topological polar surface area (TPSA) is 67.6 Å². The molecular formula is C13H14N4. The first-order valence-corrected chi connectivity index (χ1v) is 5.47. The molecule has 0 amide bonds. The summed E-state index contributed by atoms with van der Waals surface area (Å²) in [6.45, 7) is 4.19. The van der Waals surface area contributed by atoms with Gasteiger partial charge in [-0.25, -0.2) is 4.68 Å². The molecule has 1 aromatic heterocycles. The van der Waals surface area contributed by atoms with Gasteiger partial charge in [0.15, 0.2) is 0 Å². The van der Waals surface area contributed by atoms with Crippen molar-refractivity contribution < 1.29 is 0 Å². The average molecular weight is 226 g/mol. The Bertz CT molecular complexity index is 575. The maximum atomic E-state index is 8.80. The summed E-state index contributed by atoms with van der Waals surface area (Å²) in [5, 5.41) is 13.3. The zero-order chi connectivity index (χ0) is 12.4. The van der Waals surface area contributed by atoms with Crippen LogP contribution in [0.25, 0.3) is 5.69 Å². The van der Waals surface area contributed by atoms with Crippen molar-refractivity contribution in [2.24, 2.45) is 0 Å². The standard InChI is InChI=1S/C13H14N4/c1-9(2)13-5-6-17(16-13)11-4-3-10(8-14)12(15)7-11/h3-7,9H,15H2,1-2H3. The molecule has 17 heavy (non-hydrogen) atoms. The first-order chi connectivity index (χ1) is 8.11. The number of benzene rings is 1. The van der Waals surface area contributed by atoms with Crippen LogP contribution in [0.15, 0.2) is 30.5 Å². The Hall–Kier alpha value is -2.28. The smallest absolute Gasteiger partial charge is 0.101 e. The molecule has 1 heterocycles. The molecule has 4 nitrogen and oxygen atoms in total. The van der Waals surface area contributed by atoms with E-state index in [1.807, 2.05) is 24.4 Å². The van der Waals surface area contributed by atoms with Crippen molar-refractivity contribution in [3.63, 3.8) is 0 Å². The Morgan fingerprint density at radius 2 is 2.12 bits per heavy atom. The van der Waals surface area contributed by atoms with Gasteiger partial charge in [-0.05, 0) is 30.2 Å². The van der Waals surface area contributed by atoms with Gasteiger partial charge in [-0.1, -0.05) is 13.8 Å². The third-order valence-electron chi connectivity index (χ3n) is 2.62. The van der Waals surface area contributed by atoms with Crippen LogP contribution >= 0.6 is 0 Å². The highest BCUT2D eigenvalue weighted by molar-refractivity contribution is 5.58. The molecule has 2 aromatic rings. The van der Waals surface area contributed by atoms with Gasteiger partial charge >= 0.3 is 0 Å². The molecule has 0 atom stereocenters. The van der Waals surface area contributed by atoms with Crippen molar-refractivity contribution in [3.05, 3.63) is 41.7 Å². The minimum atomic E-state index is 0.395. The van der Waals surface area contributed by atoms with Crippen molar-refractivity contribution in [1.82, 2.24) is 9.78 Å². The molecule has 0 radical (unpaired) electrons. The summed E-state index contributed by atoms with van der Waals surface area (Å²) in [6.07, 6.45) is 1.90. The van der Waals surface area contributed by atoms with Crippen LogP contribution in [0.4, 0.5) is 5.69 Å². The molecule has 1 aromatic carbocycles. The van der Waals surface area contributed by atoms with Gasteiger partial charge in [0, 0.05) is 6.20 Å². The lowest BCUT2D eigenvalue weighted by Gasteiger charge is -2.04. The highest BCUT2D eigenvalue weighted by atomic mass is 15.3. The van der Waals surface area contributed by atoms with E-state index in [2.05, 4.69) is 18.9 Å². The molecule has 0 saturated carbocycles. The van der Waals surface area contributed by atoms with Gasteiger partial charge in [0.2, 0.25) is 0 Å². The van der Waals surface area contributed by atoms with Gasteiger partial charge in [-0.15, -0.1) is 0 Å². The quantitative estimate of drug-likeness (QED) is 0.800. The molecule has 0 spiro atoms. The Balaban J connectivity index is 2.40. The Kier molecular flexibility index (Phi) is 2.84. The van der Waals surface area contributed by atoms with Gasteiger partial charge in [0.1, 0.15) is 6.07 Å². The van der Waals surface area contributed by atoms with Crippen molar-refractivity contribution in [2.75, 3.05) is 5.73 Å². The van der Waals surface area contributed by atoms with E-state index in [9.17, 15) is 0 Å². The lowest BCUT2D eigenvalue weighted by Crippen LogP contribution is -1.99. The fraction of sp³-hybridized carbons (Fsp3) is 0.231. The van der Waals surface area contributed by atoms with E-state index in [1.54, 1.807) is 16.8 Å². The van der Waals surface area contributed by atoms with E-state index < -0.39 is 0 Å². The summed E-state index contributed by atoms with van der Waals surface area (Å²) in [5.74, 6) is 0.395. The number of nitrogens with zero attached hydrogens (tertiary/aromatic N) is 3. The average Bonchev–Trinajstić information content (AvgIpc) is 2.78. The third kappa shape index (κ3) is 2.13. The van der Waals surface area contributed by atoms with Crippen LogP contribution in [-0.4, -0.2) is 9.78 Å². The van der Waals surface area contributed by atoms with E-state index in [0.717, 1.165) is 11.4 Å². The SMILES string of the molecule is CC(C)c1ccn(-c2ccc(C#N)c(N)c2)n1. The number of aromatic nitrogens is 2. The van der Waals surface area contributed by atoms with Crippen molar-refractivity contribution >= 4 is 5.69 Å². The van der Waals surface area contributed by atoms with E-state index in [4.69, 9.17) is 11.0 Å². The van der Waals surface area contributed by atoms with Gasteiger partial charge in [0.05, 0.1) is 22.6 Å². The minimum Gasteiger partial charge on any atom is -0.398 e. The summed E-state index contributed by atoms with van der Waals surface area (Å²) in [4.78, 5) is 0. The van der Waals surface area contributed by atoms with Crippen molar-refractivity contribution in [1.29, 1.82) is 5.26 Å². The van der Waals surface area contributed by atoms with E-state index in [0.29, 0.717) is 17.2 Å². The molecule has 86 valence electrons. The number of nitrogen functional groups attached to an aromatic ring is 1. The second kappa shape index (κ2) is 4.30. The number of nitriles is 1. The van der Waals surface area contributed by atoms with Crippen molar-refractivity contribution in [2.45, 2.75) is 19.8 Å². The zero-order valence-electron chi connectivity index (χ0n) is 9.88. The largest absolute Gasteiger partial charge is 0.398 e. The van der Waals surface area contributed by atoms with Crippen LogP contribution in [0.1, 0.15) is 31.0 Å². The normalized spacial score (nSPS) is 10.5. The minimum absolute atomic E-state index is 0.395. The second-order valence-corrected chi connectivity index (χ2v) is 4.22. The van der Waals surface area contributed by atoms with Crippen LogP contribution in [0.2, 0.25) is 0 Å². The number of hydrogen-bond donors (Lipinski definition) is 1. The summed E-state index contributed by atoms with van der Waals surface area (Å²) < 4.78 is 1.77. The summed E-state index contributed by atoms with van der Waals surface area (Å²) >= 11 is 0. The first kappa shape index (κ1) is 11.2. The fourth-order valence-corrected chi connectivity index (χ4v) is 1.58. The Labute approximate surface area is 100 Å². The van der Waals surface area contributed by atoms with Gasteiger partial charge in [-0.2, -0.15) is 10.4 Å². The van der Waals surface area contributed by atoms with Crippen LogP contribution in [-0.2, 0) is 0 Å². The lowest BCUT2D eigenvalue weighted by molar-refractivity contribution is 0.768. The van der Waals surface area contributed by atoms with Crippen molar-refractivity contribution in [3.8, 4) is 11.8 Å². The molecule has 0 aliphatic heterocycles. The molecule has 4 heteroatoms. The highest BCUT2D eigenvalue weighted by Crippen LogP contribution is 2.18. The van der Waals surface area contributed by atoms with Gasteiger partial charge < -0.3 is 5.73 Å². The summed E-state index contributed by atoms with van der Waals surface area (Å²) in [7, 11) is 0. The Morgan fingerprint density at radius 3 is 2.65 bits per heavy atom. The maximum Gasteiger partial charge on any atom is 0.101 e. The van der Waals surface area contributed by atoms with Gasteiger partial charge in [0.25, 0.3) is 0 Å². The summed E-state index contributed by atoms with van der Waals surface area (Å²) in [5.41, 5.74) is 8.65. The maximum absolute atomic E-state index is 8.80. The van der Waals surface area contributed by atoms with Crippen LogP contribution in [0.3, 0.4) is 0 Å². The molecule has 0 fully saturated rings. The number of nitrogens with two attached hydrogens (primary N) is 1. The van der Waals surface area contributed by atoms with Gasteiger partial charge in [-0.3, -0.25) is 0 Å². The molecule has 2 rings (SSSR count). The number of anilines is 1. The van der Waals surface area contributed by atoms with E-state index >= 15 is 0 Å². The number of rotatable bonds is 2. The molecular weight excluding hydrogens is 212 g/mol. The fourth-order valence-electron chi connectivity index (χ4n) is 1.58. The first-order valence-electron chi connectivity index (χ1n) is 5.47. The monoisotopic (exact) mass is 226 g/mol. The predicted molar refractivity (Wildman–Crippen MR) is 66.8 cm³/mol. The zero-order valence-corrected chi connectivity index (χ0v) is 9.88. The van der Waals surface area contributed by atoms with Crippen LogP contribution in [0, 0.1) is 11.3 Å². The number of hydrogen-bond acceptors (Lipinski definition) is 3. The third-order valence-corrected chi connectivity index (χ3v) is 2.62. The summed E-state index contributed by atoms with van der Waals surface area (Å²) in [6, 6.07) is 9.34. The van der Waals surface area contributed by atoms with Crippen LogP contribution < -0.4 is 5.73 Å². The van der Waals surface area contributed by atoms with Crippen LogP contribution in [0.5, 0.6) is 0 Å². The lowest BCUT2D eigenvalue weighted by atomic mass is 10.1. The molecule has 0 saturated heterocycles. The second-order valence-electron chi connectivity index (χ2n) is 4.22. The van der Waals surface area contributed by atoms with E-state index in [-0.39, 0.29) is 0 Å².